The van der Waals surface area contributed by atoms with Crippen molar-refractivity contribution in [2.24, 2.45) is 0 Å². The van der Waals surface area contributed by atoms with Gasteiger partial charge in [-0.3, -0.25) is 0 Å². The van der Waals surface area contributed by atoms with Crippen LogP contribution in [0.25, 0.3) is 0 Å². The Morgan fingerprint density at radius 1 is 1.00 bits per heavy atom. The zero-order chi connectivity index (χ0) is 8.10. The SMILES string of the molecule is [SiH3]CC(C[SiH3])c1ccccc1. The van der Waals surface area contributed by atoms with Crippen LogP contribution >= 0.6 is 0 Å². The van der Waals surface area contributed by atoms with Gasteiger partial charge in [-0.2, -0.15) is 0 Å². The van der Waals surface area contributed by atoms with Gasteiger partial charge in [-0.1, -0.05) is 42.4 Å². The van der Waals surface area contributed by atoms with Crippen LogP contribution in [-0.4, -0.2) is 20.5 Å². The lowest BCUT2D eigenvalue weighted by molar-refractivity contribution is 0.861. The zero-order valence-corrected chi connectivity index (χ0v) is 11.4. The second kappa shape index (κ2) is 4.52. The third-order valence-corrected chi connectivity index (χ3v) is 4.23. The first-order chi connectivity index (χ1) is 5.38. The fourth-order valence-electron chi connectivity index (χ4n) is 1.49. The second-order valence-electron chi connectivity index (χ2n) is 2.92. The Morgan fingerprint density at radius 3 is 2.00 bits per heavy atom. The molecule has 0 aromatic heterocycles. The van der Waals surface area contributed by atoms with Gasteiger partial charge < -0.3 is 0 Å². The van der Waals surface area contributed by atoms with Gasteiger partial charge >= 0.3 is 0 Å². The summed E-state index contributed by atoms with van der Waals surface area (Å²) in [5.41, 5.74) is 1.55. The van der Waals surface area contributed by atoms with Crippen LogP contribution in [0.15, 0.2) is 30.3 Å². The van der Waals surface area contributed by atoms with E-state index in [1.807, 2.05) is 0 Å². The molecule has 0 radical (unpaired) electrons. The summed E-state index contributed by atoms with van der Waals surface area (Å²) in [6.45, 7) is 0. The van der Waals surface area contributed by atoms with Gasteiger partial charge in [0.1, 0.15) is 0 Å². The van der Waals surface area contributed by atoms with Gasteiger partial charge in [0.25, 0.3) is 0 Å². The predicted octanol–water partition coefficient (Wildman–Crippen LogP) is 0.338. The molecule has 0 nitrogen and oxygen atoms in total. The average molecular weight is 180 g/mol. The average Bonchev–Trinajstić information content (AvgIpc) is 2.09. The molecule has 0 aliphatic carbocycles. The third kappa shape index (κ3) is 2.31. The summed E-state index contributed by atoms with van der Waals surface area (Å²) in [4.78, 5) is 0. The third-order valence-electron chi connectivity index (χ3n) is 2.26. The van der Waals surface area contributed by atoms with Crippen LogP contribution in [0.5, 0.6) is 0 Å². The van der Waals surface area contributed by atoms with Crippen molar-refractivity contribution in [1.29, 1.82) is 0 Å². The first-order valence-corrected chi connectivity index (χ1v) is 7.26. The van der Waals surface area contributed by atoms with E-state index in [0.29, 0.717) is 0 Å². The quantitative estimate of drug-likeness (QED) is 0.589. The molecular formula is C9H16Si2. The highest BCUT2D eigenvalue weighted by molar-refractivity contribution is 6.12. The number of hydrogen-bond acceptors (Lipinski definition) is 0. The molecule has 60 valence electrons. The van der Waals surface area contributed by atoms with E-state index in [1.54, 1.807) is 5.56 Å². The van der Waals surface area contributed by atoms with Gasteiger partial charge in [0.05, 0.1) is 0 Å². The standard InChI is InChI=1S/C9H16Si2/c10-6-9(7-11)8-4-2-1-3-5-8/h1-5,9H,6-7H2,10-11H3. The Labute approximate surface area is 74.9 Å². The van der Waals surface area contributed by atoms with Crippen LogP contribution in [-0.2, 0) is 0 Å². The lowest BCUT2D eigenvalue weighted by atomic mass is 10.0. The molecule has 0 atom stereocenters. The summed E-state index contributed by atoms with van der Waals surface area (Å²) >= 11 is 0. The summed E-state index contributed by atoms with van der Waals surface area (Å²) in [7, 11) is 2.68. The van der Waals surface area contributed by atoms with Crippen molar-refractivity contribution in [2.75, 3.05) is 0 Å². The van der Waals surface area contributed by atoms with Crippen LogP contribution in [0.3, 0.4) is 0 Å². The summed E-state index contributed by atoms with van der Waals surface area (Å²) in [6.07, 6.45) is 0. The van der Waals surface area contributed by atoms with E-state index < -0.39 is 0 Å². The highest BCUT2D eigenvalue weighted by atomic mass is 28.1. The highest BCUT2D eigenvalue weighted by Gasteiger charge is 2.03. The fraction of sp³-hybridized carbons (Fsp3) is 0.333. The van der Waals surface area contributed by atoms with E-state index in [9.17, 15) is 0 Å². The molecule has 0 aliphatic rings. The van der Waals surface area contributed by atoms with Gasteiger partial charge in [0, 0.05) is 20.5 Å². The lowest BCUT2D eigenvalue weighted by Gasteiger charge is -2.11. The number of benzene rings is 1. The van der Waals surface area contributed by atoms with Crippen molar-refractivity contribution in [3.63, 3.8) is 0 Å². The Kier molecular flexibility index (Phi) is 3.59. The van der Waals surface area contributed by atoms with E-state index >= 15 is 0 Å². The minimum absolute atomic E-state index is 0.884. The molecule has 11 heavy (non-hydrogen) atoms. The van der Waals surface area contributed by atoms with Crippen molar-refractivity contribution in [3.8, 4) is 0 Å². The van der Waals surface area contributed by atoms with E-state index in [4.69, 9.17) is 0 Å². The summed E-state index contributed by atoms with van der Waals surface area (Å²) in [5.74, 6) is 0.884. The van der Waals surface area contributed by atoms with Gasteiger partial charge in [0.2, 0.25) is 0 Å². The minimum Gasteiger partial charge on any atom is -0.0622 e. The summed E-state index contributed by atoms with van der Waals surface area (Å²) in [5, 5.41) is 0. The molecule has 0 unspecified atom stereocenters. The molecule has 1 aromatic rings. The normalized spacial score (nSPS) is 13.5. The molecule has 2 heteroatoms. The van der Waals surface area contributed by atoms with Crippen LogP contribution in [0.2, 0.25) is 12.1 Å². The molecule has 0 heterocycles. The smallest absolute Gasteiger partial charge is 0.00355 e. The monoisotopic (exact) mass is 180 g/mol. The van der Waals surface area contributed by atoms with E-state index in [-0.39, 0.29) is 0 Å². The van der Waals surface area contributed by atoms with Crippen LogP contribution in [0.4, 0.5) is 0 Å². The molecule has 0 saturated heterocycles. The van der Waals surface area contributed by atoms with Gasteiger partial charge in [-0.15, -0.1) is 0 Å². The van der Waals surface area contributed by atoms with Crippen LogP contribution in [0.1, 0.15) is 11.5 Å². The van der Waals surface area contributed by atoms with Crippen molar-refractivity contribution in [1.82, 2.24) is 0 Å². The fourth-order valence-corrected chi connectivity index (χ4v) is 4.74. The topological polar surface area (TPSA) is 0 Å². The largest absolute Gasteiger partial charge is 0.0622 e. The summed E-state index contributed by atoms with van der Waals surface area (Å²) in [6, 6.07) is 13.8. The van der Waals surface area contributed by atoms with Crippen molar-refractivity contribution < 1.29 is 0 Å². The van der Waals surface area contributed by atoms with Gasteiger partial charge in [0.15, 0.2) is 0 Å². The van der Waals surface area contributed by atoms with E-state index in [2.05, 4.69) is 30.3 Å². The predicted molar refractivity (Wildman–Crippen MR) is 58.7 cm³/mol. The Morgan fingerprint density at radius 2 is 1.55 bits per heavy atom. The molecule has 0 spiro atoms. The van der Waals surface area contributed by atoms with E-state index in [0.717, 1.165) is 5.92 Å². The second-order valence-corrected chi connectivity index (χ2v) is 4.56. The number of hydrogen-bond donors (Lipinski definition) is 0. The Hall–Kier alpha value is -0.346. The molecule has 0 aliphatic heterocycles. The summed E-state index contributed by atoms with van der Waals surface area (Å²) < 4.78 is 0. The molecular weight excluding hydrogens is 164 g/mol. The van der Waals surface area contributed by atoms with Gasteiger partial charge in [-0.05, 0) is 11.5 Å². The maximum atomic E-state index is 2.26. The molecule has 0 saturated carbocycles. The molecule has 1 rings (SSSR count). The van der Waals surface area contributed by atoms with Gasteiger partial charge in [-0.25, -0.2) is 0 Å². The number of rotatable bonds is 3. The first kappa shape index (κ1) is 8.75. The van der Waals surface area contributed by atoms with E-state index in [1.165, 1.54) is 32.6 Å². The zero-order valence-electron chi connectivity index (χ0n) is 7.38. The maximum Gasteiger partial charge on any atom is 0.00355 e. The minimum atomic E-state index is 0.884. The van der Waals surface area contributed by atoms with Crippen molar-refractivity contribution in [2.45, 2.75) is 18.0 Å². The van der Waals surface area contributed by atoms with Crippen molar-refractivity contribution in [3.05, 3.63) is 35.9 Å². The molecule has 0 N–H and O–H groups in total. The molecule has 1 aromatic carbocycles. The Bertz CT molecular complexity index is 192. The molecule has 0 fully saturated rings. The molecule has 0 amide bonds. The van der Waals surface area contributed by atoms with Crippen molar-refractivity contribution >= 4 is 20.5 Å². The lowest BCUT2D eigenvalue weighted by Crippen LogP contribution is -1.96. The maximum absolute atomic E-state index is 2.26. The van der Waals surface area contributed by atoms with Crippen LogP contribution < -0.4 is 0 Å². The highest BCUT2D eigenvalue weighted by Crippen LogP contribution is 2.20. The van der Waals surface area contributed by atoms with Crippen LogP contribution in [0, 0.1) is 0 Å². The Balaban J connectivity index is 2.74. The molecule has 0 bridgehead atoms. The first-order valence-electron chi connectivity index (χ1n) is 4.43.